The van der Waals surface area contributed by atoms with Crippen molar-refractivity contribution in [2.75, 3.05) is 20.2 Å². The Kier molecular flexibility index (Phi) is 8.68. The van der Waals surface area contributed by atoms with Crippen LogP contribution < -0.4 is 15.4 Å². The molecule has 182 valence electrons. The number of methoxy groups -OCH3 is 1. The number of ether oxygens (including phenoxy) is 1. The van der Waals surface area contributed by atoms with Gasteiger partial charge in [-0.1, -0.05) is 24.6 Å². The average Bonchev–Trinajstić information content (AvgIpc) is 2.86. The second-order valence-corrected chi connectivity index (χ2v) is 9.00. The summed E-state index contributed by atoms with van der Waals surface area (Å²) in [5, 5.41) is 5.97. The van der Waals surface area contributed by atoms with Gasteiger partial charge in [0.15, 0.2) is 0 Å². The Morgan fingerprint density at radius 3 is 2.29 bits per heavy atom. The molecule has 0 saturated carbocycles. The average molecular weight is 466 g/mol. The van der Waals surface area contributed by atoms with E-state index < -0.39 is 6.04 Å². The molecule has 0 aliphatic carbocycles. The Hall–Kier alpha value is -3.35. The van der Waals surface area contributed by atoms with E-state index in [9.17, 15) is 14.4 Å². The number of carbonyl (C=O) groups excluding carboxylic acids is 3. The van der Waals surface area contributed by atoms with E-state index in [0.717, 1.165) is 12.0 Å². The molecule has 34 heavy (non-hydrogen) atoms. The van der Waals surface area contributed by atoms with Crippen molar-refractivity contribution in [3.63, 3.8) is 0 Å². The molecule has 1 aliphatic heterocycles. The first kappa shape index (κ1) is 25.3. The van der Waals surface area contributed by atoms with Gasteiger partial charge in [-0.25, -0.2) is 0 Å². The van der Waals surface area contributed by atoms with Crippen molar-refractivity contribution in [1.29, 1.82) is 0 Å². The molecule has 3 amide bonds. The first-order valence-corrected chi connectivity index (χ1v) is 11.9. The van der Waals surface area contributed by atoms with E-state index in [2.05, 4.69) is 10.6 Å². The lowest BCUT2D eigenvalue weighted by Gasteiger charge is -2.36. The zero-order chi connectivity index (χ0) is 24.7. The zero-order valence-electron chi connectivity index (χ0n) is 20.5. The lowest BCUT2D eigenvalue weighted by Crippen LogP contribution is -2.55. The number of rotatable bonds is 8. The fourth-order valence-electron chi connectivity index (χ4n) is 4.20. The first-order valence-electron chi connectivity index (χ1n) is 11.9. The molecule has 2 aromatic carbocycles. The quantitative estimate of drug-likeness (QED) is 0.624. The van der Waals surface area contributed by atoms with Crippen LogP contribution in [0.5, 0.6) is 5.75 Å². The number of piperidine rings is 1. The van der Waals surface area contributed by atoms with E-state index in [-0.39, 0.29) is 29.7 Å². The maximum absolute atomic E-state index is 13.1. The van der Waals surface area contributed by atoms with Crippen LogP contribution in [0, 0.1) is 12.8 Å². The molecular weight excluding hydrogens is 430 g/mol. The van der Waals surface area contributed by atoms with Crippen molar-refractivity contribution in [3.05, 3.63) is 65.2 Å². The lowest BCUT2D eigenvalue weighted by atomic mass is 9.88. The molecule has 1 saturated heterocycles. The van der Waals surface area contributed by atoms with Crippen LogP contribution in [-0.2, 0) is 4.79 Å². The summed E-state index contributed by atoms with van der Waals surface area (Å²) >= 11 is 0. The summed E-state index contributed by atoms with van der Waals surface area (Å²) in [4.78, 5) is 40.8. The molecule has 3 rings (SSSR count). The van der Waals surface area contributed by atoms with Gasteiger partial charge in [0.05, 0.1) is 7.11 Å². The van der Waals surface area contributed by atoms with Crippen molar-refractivity contribution in [2.24, 2.45) is 5.92 Å². The number of hydrogen-bond donors (Lipinski definition) is 2. The number of aryl methyl sites for hydroxylation is 1. The molecule has 0 unspecified atom stereocenters. The van der Waals surface area contributed by atoms with Crippen LogP contribution in [-0.4, -0.2) is 54.9 Å². The number of benzene rings is 2. The van der Waals surface area contributed by atoms with Crippen molar-refractivity contribution < 1.29 is 19.1 Å². The summed E-state index contributed by atoms with van der Waals surface area (Å²) < 4.78 is 5.16. The Labute approximate surface area is 201 Å². The third-order valence-electron chi connectivity index (χ3n) is 6.49. The van der Waals surface area contributed by atoms with Gasteiger partial charge < -0.3 is 20.3 Å². The molecule has 2 aromatic rings. The molecule has 0 bridgehead atoms. The van der Waals surface area contributed by atoms with Crippen molar-refractivity contribution in [3.8, 4) is 5.75 Å². The van der Waals surface area contributed by atoms with E-state index in [4.69, 9.17) is 4.74 Å². The number of amides is 3. The molecule has 1 fully saturated rings. The standard InChI is InChI=1S/C27H35N3O4/c1-5-19(3)28-26(32)24(29-25(31)21-9-11-23(34-4)12-10-21)20-13-15-30(16-14-20)27(33)22-8-6-7-18(2)17-22/h6-12,17,19-20,24H,5,13-16H2,1-4H3,(H,28,32)(H,29,31)/t19-,24+/m1/s1. The largest absolute Gasteiger partial charge is 0.497 e. The second kappa shape index (κ2) is 11.7. The van der Waals surface area contributed by atoms with Crippen LogP contribution in [0.15, 0.2) is 48.5 Å². The second-order valence-electron chi connectivity index (χ2n) is 9.00. The predicted octanol–water partition coefficient (Wildman–Crippen LogP) is 3.57. The van der Waals surface area contributed by atoms with Crippen LogP contribution in [0.3, 0.4) is 0 Å². The summed E-state index contributed by atoms with van der Waals surface area (Å²) in [6, 6.07) is 13.7. The third kappa shape index (κ3) is 6.37. The van der Waals surface area contributed by atoms with Gasteiger partial charge in [-0.2, -0.15) is 0 Å². The van der Waals surface area contributed by atoms with Crippen molar-refractivity contribution in [2.45, 2.75) is 52.1 Å². The fourth-order valence-corrected chi connectivity index (χ4v) is 4.20. The minimum atomic E-state index is -0.667. The SMILES string of the molecule is CC[C@@H](C)NC(=O)[C@@H](NC(=O)c1ccc(OC)cc1)C1CCN(C(=O)c2cccc(C)c2)CC1. The van der Waals surface area contributed by atoms with Gasteiger partial charge in [0, 0.05) is 30.3 Å². The summed E-state index contributed by atoms with van der Waals surface area (Å²) in [6.07, 6.45) is 2.08. The van der Waals surface area contributed by atoms with Gasteiger partial charge in [0.25, 0.3) is 11.8 Å². The van der Waals surface area contributed by atoms with Crippen LogP contribution >= 0.6 is 0 Å². The first-order chi connectivity index (χ1) is 16.3. The van der Waals surface area contributed by atoms with Crippen LogP contribution in [0.2, 0.25) is 0 Å². The predicted molar refractivity (Wildman–Crippen MR) is 132 cm³/mol. The molecule has 1 aliphatic rings. The molecule has 1 heterocycles. The van der Waals surface area contributed by atoms with Crippen LogP contribution in [0.1, 0.15) is 59.4 Å². The number of likely N-dealkylation sites (tertiary alicyclic amines) is 1. The summed E-state index contributed by atoms with van der Waals surface area (Å²) in [7, 11) is 1.57. The highest BCUT2D eigenvalue weighted by atomic mass is 16.5. The smallest absolute Gasteiger partial charge is 0.253 e. The van der Waals surface area contributed by atoms with Crippen LogP contribution in [0.4, 0.5) is 0 Å². The third-order valence-corrected chi connectivity index (χ3v) is 6.49. The summed E-state index contributed by atoms with van der Waals surface area (Å²) in [6.45, 7) is 7.01. The highest BCUT2D eigenvalue weighted by Crippen LogP contribution is 2.23. The number of carbonyl (C=O) groups is 3. The van der Waals surface area contributed by atoms with E-state index in [1.54, 1.807) is 31.4 Å². The molecule has 0 aromatic heterocycles. The van der Waals surface area contributed by atoms with Gasteiger partial charge in [-0.05, 0) is 75.4 Å². The molecular formula is C27H35N3O4. The monoisotopic (exact) mass is 465 g/mol. The normalized spacial score (nSPS) is 15.8. The van der Waals surface area contributed by atoms with E-state index in [0.29, 0.717) is 42.8 Å². The zero-order valence-corrected chi connectivity index (χ0v) is 20.5. The topological polar surface area (TPSA) is 87.7 Å². The molecule has 2 atom stereocenters. The number of hydrogen-bond acceptors (Lipinski definition) is 4. The van der Waals surface area contributed by atoms with Gasteiger partial charge in [0.2, 0.25) is 5.91 Å². The van der Waals surface area contributed by atoms with Gasteiger partial charge >= 0.3 is 0 Å². The fraction of sp³-hybridized carbons (Fsp3) is 0.444. The molecule has 7 heteroatoms. The lowest BCUT2D eigenvalue weighted by molar-refractivity contribution is -0.125. The van der Waals surface area contributed by atoms with E-state index >= 15 is 0 Å². The highest BCUT2D eigenvalue weighted by molar-refractivity contribution is 5.98. The number of nitrogens with one attached hydrogen (secondary N) is 2. The minimum absolute atomic E-state index is 0.00465. The summed E-state index contributed by atoms with van der Waals surface area (Å²) in [5.41, 5.74) is 2.19. The van der Waals surface area contributed by atoms with E-state index in [1.807, 2.05) is 49.9 Å². The van der Waals surface area contributed by atoms with Gasteiger partial charge in [-0.15, -0.1) is 0 Å². The summed E-state index contributed by atoms with van der Waals surface area (Å²) in [5.74, 6) is 0.121. The minimum Gasteiger partial charge on any atom is -0.497 e. The Bertz CT molecular complexity index is 997. The van der Waals surface area contributed by atoms with Gasteiger partial charge in [0.1, 0.15) is 11.8 Å². The van der Waals surface area contributed by atoms with E-state index in [1.165, 1.54) is 0 Å². The number of nitrogens with zero attached hydrogens (tertiary/aromatic N) is 1. The Morgan fingerprint density at radius 2 is 1.71 bits per heavy atom. The van der Waals surface area contributed by atoms with Crippen molar-refractivity contribution >= 4 is 17.7 Å². The van der Waals surface area contributed by atoms with Crippen LogP contribution in [0.25, 0.3) is 0 Å². The maximum Gasteiger partial charge on any atom is 0.253 e. The Morgan fingerprint density at radius 1 is 1.03 bits per heavy atom. The van der Waals surface area contributed by atoms with Crippen molar-refractivity contribution in [1.82, 2.24) is 15.5 Å². The Balaban J connectivity index is 1.70. The maximum atomic E-state index is 13.1. The van der Waals surface area contributed by atoms with Gasteiger partial charge in [-0.3, -0.25) is 14.4 Å². The molecule has 2 N–H and O–H groups in total. The molecule has 0 spiro atoms. The molecule has 7 nitrogen and oxygen atoms in total. The highest BCUT2D eigenvalue weighted by Gasteiger charge is 2.34. The molecule has 0 radical (unpaired) electrons.